The maximum absolute atomic E-state index is 6.54. The van der Waals surface area contributed by atoms with Crippen LogP contribution in [0.1, 0.15) is 22.6 Å². The van der Waals surface area contributed by atoms with Crippen molar-refractivity contribution in [3.8, 4) is 72.4 Å². The van der Waals surface area contributed by atoms with E-state index in [1.165, 1.54) is 60.8 Å². The van der Waals surface area contributed by atoms with Crippen molar-refractivity contribution in [2.24, 2.45) is 0 Å². The van der Waals surface area contributed by atoms with Crippen molar-refractivity contribution in [3.05, 3.63) is 393 Å². The molecule has 1 aliphatic rings. The lowest BCUT2D eigenvalue weighted by Crippen LogP contribution is -2.10. The molecule has 478 valence electrons. The highest BCUT2D eigenvalue weighted by atomic mass is 16.3. The van der Waals surface area contributed by atoms with E-state index in [4.69, 9.17) is 8.83 Å². The summed E-state index contributed by atoms with van der Waals surface area (Å²) < 4.78 is 15.5. The van der Waals surface area contributed by atoms with Crippen molar-refractivity contribution >= 4 is 99.8 Å². The number of nitrogens with zero attached hydrogens (tertiary/aromatic N) is 3. The molecule has 0 fully saturated rings. The maximum Gasteiger partial charge on any atom is 0.143 e. The summed E-state index contributed by atoms with van der Waals surface area (Å²) in [6.07, 6.45) is 0. The van der Waals surface area contributed by atoms with Gasteiger partial charge < -0.3 is 23.2 Å². The number of benzene rings is 16. The Morgan fingerprint density at radius 1 is 0.225 bits per heavy atom. The van der Waals surface area contributed by atoms with Crippen LogP contribution in [-0.2, 0) is 0 Å². The van der Waals surface area contributed by atoms with E-state index in [2.05, 4.69) is 366 Å². The quantitative estimate of drug-likeness (QED) is 0.115. The Labute approximate surface area is 590 Å². The molecular weight excluding hydrogens is 1240 g/mol. The fraction of sp³-hybridized carbons (Fsp3) is 0.0103. The van der Waals surface area contributed by atoms with Gasteiger partial charge in [-0.15, -0.1) is 0 Å². The molecule has 5 heteroatoms. The zero-order valence-corrected chi connectivity index (χ0v) is 55.5. The first-order chi connectivity index (χ1) is 50.6. The molecule has 0 amide bonds. The molecule has 0 aliphatic heterocycles. The van der Waals surface area contributed by atoms with Crippen molar-refractivity contribution in [2.75, 3.05) is 9.80 Å². The van der Waals surface area contributed by atoms with E-state index in [0.29, 0.717) is 0 Å². The highest BCUT2D eigenvalue weighted by Crippen LogP contribution is 2.50. The number of para-hydroxylation sites is 6. The van der Waals surface area contributed by atoms with Crippen LogP contribution >= 0.6 is 0 Å². The fourth-order valence-electron chi connectivity index (χ4n) is 16.0. The molecular formula is C97H63N3O2. The summed E-state index contributed by atoms with van der Waals surface area (Å²) in [5, 5.41) is 6.93. The molecule has 3 heterocycles. The summed E-state index contributed by atoms with van der Waals surface area (Å²) in [6, 6.07) is 136. The van der Waals surface area contributed by atoms with Crippen LogP contribution in [0.4, 0.5) is 34.1 Å². The van der Waals surface area contributed by atoms with Crippen molar-refractivity contribution < 1.29 is 8.83 Å². The van der Waals surface area contributed by atoms with Crippen LogP contribution in [0, 0.1) is 0 Å². The number of hydrogen-bond acceptors (Lipinski definition) is 4. The second kappa shape index (κ2) is 24.2. The van der Waals surface area contributed by atoms with Crippen LogP contribution in [0.15, 0.2) is 385 Å². The van der Waals surface area contributed by atoms with Gasteiger partial charge in [0, 0.05) is 89.2 Å². The van der Waals surface area contributed by atoms with Gasteiger partial charge in [0.25, 0.3) is 0 Å². The fourth-order valence-corrected chi connectivity index (χ4v) is 16.0. The number of aromatic nitrogens is 1. The Hall–Kier alpha value is -13.5. The predicted molar refractivity (Wildman–Crippen MR) is 425 cm³/mol. The van der Waals surface area contributed by atoms with E-state index >= 15 is 0 Å². The molecule has 19 aromatic rings. The molecule has 1 aliphatic carbocycles. The number of hydrogen-bond donors (Lipinski definition) is 0. The van der Waals surface area contributed by atoms with E-state index in [9.17, 15) is 0 Å². The van der Waals surface area contributed by atoms with E-state index in [1.54, 1.807) is 0 Å². The lowest BCUT2D eigenvalue weighted by atomic mass is 9.89. The summed E-state index contributed by atoms with van der Waals surface area (Å²) in [4.78, 5) is 4.72. The third-order valence-corrected chi connectivity index (χ3v) is 20.9. The Kier molecular flexibility index (Phi) is 13.9. The van der Waals surface area contributed by atoms with Crippen LogP contribution in [0.2, 0.25) is 0 Å². The van der Waals surface area contributed by atoms with Crippen LogP contribution in [0.25, 0.3) is 138 Å². The van der Waals surface area contributed by atoms with E-state index in [1.807, 2.05) is 24.3 Å². The molecule has 16 aromatic carbocycles. The minimum absolute atomic E-state index is 0.203. The highest BCUT2D eigenvalue weighted by Gasteiger charge is 2.30. The lowest BCUT2D eigenvalue weighted by molar-refractivity contribution is 0.669. The molecule has 0 saturated heterocycles. The molecule has 5 nitrogen and oxygen atoms in total. The van der Waals surface area contributed by atoms with Crippen LogP contribution in [-0.4, -0.2) is 4.57 Å². The monoisotopic (exact) mass is 1300 g/mol. The summed E-state index contributed by atoms with van der Waals surface area (Å²) in [7, 11) is 0. The molecule has 0 radical (unpaired) electrons. The van der Waals surface area contributed by atoms with E-state index in [0.717, 1.165) is 128 Å². The van der Waals surface area contributed by atoms with Crippen LogP contribution < -0.4 is 9.80 Å². The Balaban J connectivity index is 0.641. The van der Waals surface area contributed by atoms with Crippen LogP contribution in [0.5, 0.6) is 0 Å². The predicted octanol–water partition coefficient (Wildman–Crippen LogP) is 27.0. The lowest BCUT2D eigenvalue weighted by Gasteiger charge is -2.27. The second-order valence-electron chi connectivity index (χ2n) is 26.7. The first kappa shape index (κ1) is 58.7. The van der Waals surface area contributed by atoms with Gasteiger partial charge in [-0.1, -0.05) is 255 Å². The van der Waals surface area contributed by atoms with Gasteiger partial charge in [-0.25, -0.2) is 0 Å². The largest absolute Gasteiger partial charge is 0.455 e. The molecule has 1 unspecified atom stereocenters. The average molecular weight is 1300 g/mol. The third kappa shape index (κ3) is 9.92. The van der Waals surface area contributed by atoms with Gasteiger partial charge in [0.15, 0.2) is 0 Å². The minimum Gasteiger partial charge on any atom is -0.455 e. The maximum atomic E-state index is 6.54. The van der Waals surface area contributed by atoms with Crippen molar-refractivity contribution in [2.45, 2.75) is 5.92 Å². The molecule has 3 aromatic heterocycles. The van der Waals surface area contributed by atoms with Gasteiger partial charge in [0.05, 0.1) is 11.0 Å². The molecule has 1 atom stereocenters. The van der Waals surface area contributed by atoms with Crippen molar-refractivity contribution in [3.63, 3.8) is 0 Å². The summed E-state index contributed by atoms with van der Waals surface area (Å²) in [5.41, 5.74) is 31.2. The molecule has 20 rings (SSSR count). The second-order valence-corrected chi connectivity index (χ2v) is 26.7. The van der Waals surface area contributed by atoms with Gasteiger partial charge in [-0.3, -0.25) is 0 Å². The van der Waals surface area contributed by atoms with Crippen molar-refractivity contribution in [1.82, 2.24) is 4.57 Å². The van der Waals surface area contributed by atoms with Crippen molar-refractivity contribution in [1.29, 1.82) is 0 Å². The Bertz CT molecular complexity index is 6390. The number of furan rings is 2. The zero-order chi connectivity index (χ0) is 67.2. The van der Waals surface area contributed by atoms with E-state index < -0.39 is 0 Å². The van der Waals surface area contributed by atoms with Gasteiger partial charge >= 0.3 is 0 Å². The smallest absolute Gasteiger partial charge is 0.143 e. The summed E-state index contributed by atoms with van der Waals surface area (Å²) >= 11 is 0. The molecule has 0 saturated carbocycles. The number of rotatable bonds is 13. The Morgan fingerprint density at radius 3 is 1.11 bits per heavy atom. The Morgan fingerprint density at radius 2 is 0.588 bits per heavy atom. The summed E-state index contributed by atoms with van der Waals surface area (Å²) in [5.74, 6) is 0.203. The molecule has 0 bridgehead atoms. The van der Waals surface area contributed by atoms with E-state index in [-0.39, 0.29) is 5.92 Å². The standard InChI is InChI=1S/C97H63N3O2/c1-3-17-69(18-4-1)95-85-25-8-7-21-81(85)89-61-70(45-59-86(89)95)65-37-51-75(52-38-65)98(77-55-41-67(42-56-77)79-26-15-28-87-83-23-10-13-31-93(83)101-96(79)87)73-47-33-63(34-48-73)64-35-49-74(50-36-64)99(78-57-43-68(44-58-78)80-27-16-29-88-84-24-11-14-32-94(84)102-97(80)88)76-53-39-66(40-54-76)71-46-60-92-90(62-71)82-22-9-12-30-91(82)100(92)72-19-5-2-6-20-72/h1-62,95H. The third-order valence-electron chi connectivity index (χ3n) is 20.9. The SMILES string of the molecule is c1ccc(C2c3ccccc3-c3cc(-c4ccc(N(c5ccc(-c6ccc(N(c7ccc(-c8ccc9c(c8)c8ccccc8n9-c8ccccc8)cc7)c7ccc(-c8cccc9c8oc8ccccc89)cc7)cc6)cc5)c5ccc(-c6cccc7c6oc6ccccc67)cc5)cc4)ccc32)cc1. The molecule has 0 spiro atoms. The van der Waals surface area contributed by atoms with Crippen LogP contribution in [0.3, 0.4) is 0 Å². The first-order valence-corrected chi connectivity index (χ1v) is 35.0. The molecule has 0 N–H and O–H groups in total. The average Bonchev–Trinajstić information content (AvgIpc) is 1.59. The highest BCUT2D eigenvalue weighted by molar-refractivity contribution is 6.12. The topological polar surface area (TPSA) is 37.7 Å². The molecule has 102 heavy (non-hydrogen) atoms. The van der Waals surface area contributed by atoms with Gasteiger partial charge in [-0.2, -0.15) is 0 Å². The number of fused-ring (bicyclic) bond motifs is 12. The zero-order valence-electron chi connectivity index (χ0n) is 55.5. The minimum atomic E-state index is 0.203. The normalized spacial score (nSPS) is 12.6. The van der Waals surface area contributed by atoms with Gasteiger partial charge in [0.1, 0.15) is 22.3 Å². The van der Waals surface area contributed by atoms with Gasteiger partial charge in [-0.05, 0) is 194 Å². The number of anilines is 6. The van der Waals surface area contributed by atoms with Gasteiger partial charge in [0.2, 0.25) is 0 Å². The first-order valence-electron chi connectivity index (χ1n) is 35.0. The summed E-state index contributed by atoms with van der Waals surface area (Å²) in [6.45, 7) is 0.